The number of aliphatic hydroxyl groups excluding tert-OH is 4. The first kappa shape index (κ1) is 8.93. The van der Waals surface area contributed by atoms with Gasteiger partial charge in [-0.15, -0.1) is 0 Å². The van der Waals surface area contributed by atoms with E-state index in [-0.39, 0.29) is 12.5 Å². The van der Waals surface area contributed by atoms with Crippen LogP contribution < -0.4 is 0 Å². The molecule has 1 aliphatic rings. The summed E-state index contributed by atoms with van der Waals surface area (Å²) in [6, 6.07) is 0. The molecule has 1 rings (SSSR count). The summed E-state index contributed by atoms with van der Waals surface area (Å²) >= 11 is 0. The average molecular weight is 162 g/mol. The molecule has 0 radical (unpaired) electrons. The van der Waals surface area contributed by atoms with Crippen LogP contribution in [0.5, 0.6) is 0 Å². The summed E-state index contributed by atoms with van der Waals surface area (Å²) in [5.41, 5.74) is 0. The summed E-state index contributed by atoms with van der Waals surface area (Å²) in [5, 5.41) is 36.0. The zero-order valence-electron chi connectivity index (χ0n) is 6.22. The molecule has 0 spiro atoms. The third kappa shape index (κ3) is 1.70. The molecule has 0 amide bonds. The van der Waals surface area contributed by atoms with Gasteiger partial charge in [-0.1, -0.05) is 0 Å². The Labute approximate surface area is 65.1 Å². The van der Waals surface area contributed by atoms with Gasteiger partial charge in [0.1, 0.15) is 0 Å². The van der Waals surface area contributed by atoms with E-state index in [4.69, 9.17) is 15.3 Å². The lowest BCUT2D eigenvalue weighted by molar-refractivity contribution is -0.0361. The molecule has 4 nitrogen and oxygen atoms in total. The highest BCUT2D eigenvalue weighted by Crippen LogP contribution is 2.28. The fraction of sp³-hybridized carbons (Fsp3) is 1.00. The lowest BCUT2D eigenvalue weighted by atomic mass is 9.99. The molecule has 4 atom stereocenters. The minimum Gasteiger partial charge on any atom is -0.394 e. The fourth-order valence-electron chi connectivity index (χ4n) is 1.55. The highest BCUT2D eigenvalue weighted by atomic mass is 16.3. The third-order valence-corrected chi connectivity index (χ3v) is 2.31. The van der Waals surface area contributed by atoms with Gasteiger partial charge in [-0.05, 0) is 12.8 Å². The lowest BCUT2D eigenvalue weighted by Gasteiger charge is -2.20. The Kier molecular flexibility index (Phi) is 2.84. The Morgan fingerprint density at radius 3 is 2.27 bits per heavy atom. The van der Waals surface area contributed by atoms with Gasteiger partial charge in [0.25, 0.3) is 0 Å². The van der Waals surface area contributed by atoms with Crippen molar-refractivity contribution in [1.29, 1.82) is 0 Å². The first-order valence-corrected chi connectivity index (χ1v) is 3.82. The van der Waals surface area contributed by atoms with E-state index in [0.717, 1.165) is 0 Å². The summed E-state index contributed by atoms with van der Waals surface area (Å²) in [6.07, 6.45) is -1.44. The maximum Gasteiger partial charge on any atom is 0.0852 e. The molecule has 4 N–H and O–H groups in total. The van der Waals surface area contributed by atoms with Gasteiger partial charge in [0, 0.05) is 5.92 Å². The van der Waals surface area contributed by atoms with Crippen molar-refractivity contribution in [1.82, 2.24) is 0 Å². The first-order valence-electron chi connectivity index (χ1n) is 3.82. The second-order valence-corrected chi connectivity index (χ2v) is 3.05. The lowest BCUT2D eigenvalue weighted by Crippen LogP contribution is -2.34. The smallest absolute Gasteiger partial charge is 0.0852 e. The van der Waals surface area contributed by atoms with Gasteiger partial charge in [0.15, 0.2) is 0 Å². The van der Waals surface area contributed by atoms with Crippen molar-refractivity contribution in [2.45, 2.75) is 31.2 Å². The van der Waals surface area contributed by atoms with E-state index < -0.39 is 18.3 Å². The minimum atomic E-state index is -0.901. The molecular formula is C7H14O4. The van der Waals surface area contributed by atoms with Crippen LogP contribution in [-0.2, 0) is 0 Å². The molecule has 3 unspecified atom stereocenters. The summed E-state index contributed by atoms with van der Waals surface area (Å²) in [7, 11) is 0. The average Bonchev–Trinajstić information content (AvgIpc) is 2.32. The molecule has 11 heavy (non-hydrogen) atoms. The van der Waals surface area contributed by atoms with Gasteiger partial charge in [0.05, 0.1) is 24.9 Å². The van der Waals surface area contributed by atoms with E-state index in [9.17, 15) is 5.11 Å². The summed E-state index contributed by atoms with van der Waals surface area (Å²) in [6.45, 7) is -0.353. The van der Waals surface area contributed by atoms with E-state index >= 15 is 0 Å². The van der Waals surface area contributed by atoms with Crippen molar-refractivity contribution < 1.29 is 20.4 Å². The van der Waals surface area contributed by atoms with E-state index in [2.05, 4.69) is 0 Å². The van der Waals surface area contributed by atoms with Crippen LogP contribution in [0.25, 0.3) is 0 Å². The van der Waals surface area contributed by atoms with Crippen molar-refractivity contribution in [2.24, 2.45) is 5.92 Å². The van der Waals surface area contributed by atoms with Gasteiger partial charge in [-0.25, -0.2) is 0 Å². The van der Waals surface area contributed by atoms with E-state index in [0.29, 0.717) is 12.8 Å². The first-order chi connectivity index (χ1) is 5.16. The SMILES string of the molecule is OCC(O)C1CC[C@@H](O)C1O. The van der Waals surface area contributed by atoms with Crippen molar-refractivity contribution >= 4 is 0 Å². The van der Waals surface area contributed by atoms with Crippen LogP contribution >= 0.6 is 0 Å². The zero-order chi connectivity index (χ0) is 8.43. The molecule has 1 saturated carbocycles. The molecule has 66 valence electrons. The largest absolute Gasteiger partial charge is 0.394 e. The van der Waals surface area contributed by atoms with E-state index in [1.807, 2.05) is 0 Å². The monoisotopic (exact) mass is 162 g/mol. The Morgan fingerprint density at radius 1 is 1.27 bits per heavy atom. The molecule has 0 aromatic carbocycles. The highest BCUT2D eigenvalue weighted by Gasteiger charge is 2.37. The molecule has 0 saturated heterocycles. The van der Waals surface area contributed by atoms with Crippen molar-refractivity contribution in [3.63, 3.8) is 0 Å². The van der Waals surface area contributed by atoms with Gasteiger partial charge < -0.3 is 20.4 Å². The maximum atomic E-state index is 9.24. The topological polar surface area (TPSA) is 80.9 Å². The van der Waals surface area contributed by atoms with Crippen LogP contribution in [0.3, 0.4) is 0 Å². The standard InChI is InChI=1S/C7H14O4/c8-3-6(10)4-1-2-5(9)7(4)11/h4-11H,1-3H2/t4?,5-,6?,7?/m1/s1. The normalized spacial score (nSPS) is 40.9. The van der Waals surface area contributed by atoms with E-state index in [1.165, 1.54) is 0 Å². The quantitative estimate of drug-likeness (QED) is 0.397. The molecule has 0 aromatic heterocycles. The highest BCUT2D eigenvalue weighted by molar-refractivity contribution is 4.87. The van der Waals surface area contributed by atoms with Crippen molar-refractivity contribution in [2.75, 3.05) is 6.61 Å². The van der Waals surface area contributed by atoms with Crippen molar-refractivity contribution in [3.05, 3.63) is 0 Å². The van der Waals surface area contributed by atoms with Gasteiger partial charge in [-0.2, -0.15) is 0 Å². The van der Waals surface area contributed by atoms with Gasteiger partial charge in [-0.3, -0.25) is 0 Å². The molecule has 0 heterocycles. The van der Waals surface area contributed by atoms with Gasteiger partial charge in [0.2, 0.25) is 0 Å². The molecule has 0 aromatic rings. The third-order valence-electron chi connectivity index (χ3n) is 2.31. The molecule has 1 fully saturated rings. The fourth-order valence-corrected chi connectivity index (χ4v) is 1.55. The molecule has 0 aliphatic heterocycles. The number of rotatable bonds is 2. The van der Waals surface area contributed by atoms with Crippen LogP contribution in [0.2, 0.25) is 0 Å². The van der Waals surface area contributed by atoms with Crippen LogP contribution in [0, 0.1) is 5.92 Å². The maximum absolute atomic E-state index is 9.24. The predicted octanol–water partition coefficient (Wildman–Crippen LogP) is -1.53. The second-order valence-electron chi connectivity index (χ2n) is 3.05. The number of hydrogen-bond donors (Lipinski definition) is 4. The molecule has 1 aliphatic carbocycles. The Hall–Kier alpha value is -0.160. The van der Waals surface area contributed by atoms with Crippen LogP contribution in [-0.4, -0.2) is 45.3 Å². The van der Waals surface area contributed by atoms with Crippen LogP contribution in [0.1, 0.15) is 12.8 Å². The number of hydrogen-bond acceptors (Lipinski definition) is 4. The van der Waals surface area contributed by atoms with E-state index in [1.54, 1.807) is 0 Å². The summed E-state index contributed by atoms with van der Waals surface area (Å²) in [4.78, 5) is 0. The number of aliphatic hydroxyl groups is 4. The Bertz CT molecular complexity index is 128. The van der Waals surface area contributed by atoms with Crippen LogP contribution in [0.4, 0.5) is 0 Å². The Balaban J connectivity index is 2.47. The molecule has 0 bridgehead atoms. The second kappa shape index (κ2) is 3.49. The summed E-state index contributed by atoms with van der Waals surface area (Å²) in [5.74, 6) is -0.366. The van der Waals surface area contributed by atoms with Crippen LogP contribution in [0.15, 0.2) is 0 Å². The molecular weight excluding hydrogens is 148 g/mol. The predicted molar refractivity (Wildman–Crippen MR) is 37.8 cm³/mol. The minimum absolute atomic E-state index is 0.353. The summed E-state index contributed by atoms with van der Waals surface area (Å²) < 4.78 is 0. The zero-order valence-corrected chi connectivity index (χ0v) is 6.22. The molecule has 4 heteroatoms. The van der Waals surface area contributed by atoms with Crippen molar-refractivity contribution in [3.8, 4) is 0 Å². The van der Waals surface area contributed by atoms with Gasteiger partial charge >= 0.3 is 0 Å². The Morgan fingerprint density at radius 2 is 1.91 bits per heavy atom.